The highest BCUT2D eigenvalue weighted by Crippen LogP contribution is 2.20. The van der Waals surface area contributed by atoms with Crippen molar-refractivity contribution in [2.45, 2.75) is 39.3 Å². The van der Waals surface area contributed by atoms with E-state index in [4.69, 9.17) is 0 Å². The zero-order valence-electron chi connectivity index (χ0n) is 12.3. The second-order valence-electron chi connectivity index (χ2n) is 6.01. The molecule has 1 saturated heterocycles. The fourth-order valence-electron chi connectivity index (χ4n) is 2.77. The molecule has 1 aliphatic rings. The second-order valence-corrected chi connectivity index (χ2v) is 6.01. The van der Waals surface area contributed by atoms with E-state index in [1.807, 2.05) is 0 Å². The lowest BCUT2D eigenvalue weighted by molar-refractivity contribution is 0.160. The molecule has 2 nitrogen and oxygen atoms in total. The first kappa shape index (κ1) is 15.4. The summed E-state index contributed by atoms with van der Waals surface area (Å²) in [7, 11) is 0. The van der Waals surface area contributed by atoms with Crippen LogP contribution in [0.5, 0.6) is 0 Å². The SMILES string of the molecule is CC(C)NCC1CCCN(Cc2c(F)cccc2F)C1. The van der Waals surface area contributed by atoms with Gasteiger partial charge in [0.2, 0.25) is 0 Å². The summed E-state index contributed by atoms with van der Waals surface area (Å²) in [5, 5.41) is 3.45. The number of likely N-dealkylation sites (tertiary alicyclic amines) is 1. The number of nitrogens with zero attached hydrogens (tertiary/aromatic N) is 1. The number of nitrogens with one attached hydrogen (secondary N) is 1. The molecule has 112 valence electrons. The maximum Gasteiger partial charge on any atom is 0.130 e. The molecule has 20 heavy (non-hydrogen) atoms. The molecule has 0 aliphatic carbocycles. The van der Waals surface area contributed by atoms with Crippen molar-refractivity contribution in [3.8, 4) is 0 Å². The highest BCUT2D eigenvalue weighted by atomic mass is 19.1. The summed E-state index contributed by atoms with van der Waals surface area (Å²) in [5.41, 5.74) is 0.199. The third-order valence-corrected chi connectivity index (χ3v) is 3.86. The molecule has 0 bridgehead atoms. The third kappa shape index (κ3) is 4.25. The van der Waals surface area contributed by atoms with Crippen LogP contribution in [0.25, 0.3) is 0 Å². The molecule has 4 heteroatoms. The zero-order chi connectivity index (χ0) is 14.5. The van der Waals surface area contributed by atoms with Crippen LogP contribution in [0, 0.1) is 17.6 Å². The lowest BCUT2D eigenvalue weighted by Crippen LogP contribution is -2.40. The van der Waals surface area contributed by atoms with Crippen molar-refractivity contribution in [2.75, 3.05) is 19.6 Å². The van der Waals surface area contributed by atoms with Crippen molar-refractivity contribution in [2.24, 2.45) is 5.92 Å². The van der Waals surface area contributed by atoms with Crippen LogP contribution in [0.15, 0.2) is 18.2 Å². The maximum absolute atomic E-state index is 13.7. The molecular formula is C16H24F2N2. The molecule has 1 fully saturated rings. The molecule has 1 aromatic carbocycles. The van der Waals surface area contributed by atoms with Gasteiger partial charge in [0.25, 0.3) is 0 Å². The van der Waals surface area contributed by atoms with E-state index >= 15 is 0 Å². The van der Waals surface area contributed by atoms with Gasteiger partial charge in [0.15, 0.2) is 0 Å². The Morgan fingerprint density at radius 3 is 2.65 bits per heavy atom. The lowest BCUT2D eigenvalue weighted by atomic mass is 9.97. The van der Waals surface area contributed by atoms with Gasteiger partial charge in [-0.3, -0.25) is 4.90 Å². The van der Waals surface area contributed by atoms with Crippen LogP contribution in [0.3, 0.4) is 0 Å². The Morgan fingerprint density at radius 2 is 2.00 bits per heavy atom. The number of benzene rings is 1. The van der Waals surface area contributed by atoms with Gasteiger partial charge in [0.05, 0.1) is 0 Å². The van der Waals surface area contributed by atoms with Crippen LogP contribution < -0.4 is 5.32 Å². The Bertz CT molecular complexity index is 414. The summed E-state index contributed by atoms with van der Waals surface area (Å²) in [5.74, 6) is -0.305. The Morgan fingerprint density at radius 1 is 1.30 bits per heavy atom. The fourth-order valence-corrected chi connectivity index (χ4v) is 2.77. The smallest absolute Gasteiger partial charge is 0.130 e. The van der Waals surface area contributed by atoms with Gasteiger partial charge >= 0.3 is 0 Å². The van der Waals surface area contributed by atoms with Gasteiger partial charge in [-0.25, -0.2) is 8.78 Å². The minimum atomic E-state index is -0.438. The Hall–Kier alpha value is -1.00. The van der Waals surface area contributed by atoms with Crippen molar-refractivity contribution in [1.29, 1.82) is 0 Å². The molecule has 1 aliphatic heterocycles. The zero-order valence-corrected chi connectivity index (χ0v) is 12.3. The van der Waals surface area contributed by atoms with Crippen LogP contribution in [0.2, 0.25) is 0 Å². The minimum Gasteiger partial charge on any atom is -0.314 e. The summed E-state index contributed by atoms with van der Waals surface area (Å²) in [6.07, 6.45) is 2.29. The van der Waals surface area contributed by atoms with Gasteiger partial charge in [-0.2, -0.15) is 0 Å². The van der Waals surface area contributed by atoms with E-state index in [-0.39, 0.29) is 5.56 Å². The average Bonchev–Trinajstić information content (AvgIpc) is 2.41. The molecular weight excluding hydrogens is 258 g/mol. The van der Waals surface area contributed by atoms with E-state index in [9.17, 15) is 8.78 Å². The Labute approximate surface area is 120 Å². The highest BCUT2D eigenvalue weighted by Gasteiger charge is 2.21. The molecule has 0 aromatic heterocycles. The third-order valence-electron chi connectivity index (χ3n) is 3.86. The predicted molar refractivity (Wildman–Crippen MR) is 77.5 cm³/mol. The molecule has 1 N–H and O–H groups in total. The van der Waals surface area contributed by atoms with Crippen molar-refractivity contribution in [3.05, 3.63) is 35.4 Å². The monoisotopic (exact) mass is 282 g/mol. The van der Waals surface area contributed by atoms with Gasteiger partial charge in [-0.1, -0.05) is 19.9 Å². The van der Waals surface area contributed by atoms with Gasteiger partial charge < -0.3 is 5.32 Å². The average molecular weight is 282 g/mol. The van der Waals surface area contributed by atoms with Gasteiger partial charge in [-0.15, -0.1) is 0 Å². The molecule has 1 aromatic rings. The summed E-state index contributed by atoms with van der Waals surface area (Å²) in [6.45, 7) is 7.45. The maximum atomic E-state index is 13.7. The van der Waals surface area contributed by atoms with Crippen LogP contribution in [-0.2, 0) is 6.54 Å². The van der Waals surface area contributed by atoms with Crippen LogP contribution in [-0.4, -0.2) is 30.6 Å². The van der Waals surface area contributed by atoms with Crippen molar-refractivity contribution in [3.63, 3.8) is 0 Å². The summed E-state index contributed by atoms with van der Waals surface area (Å²) >= 11 is 0. The molecule has 1 unspecified atom stereocenters. The first-order valence-electron chi connectivity index (χ1n) is 7.45. The standard InChI is InChI=1S/C16H24F2N2/c1-12(2)19-9-13-5-4-8-20(10-13)11-14-15(17)6-3-7-16(14)18/h3,6-7,12-13,19H,4-5,8-11H2,1-2H3. The number of piperidine rings is 1. The first-order valence-corrected chi connectivity index (χ1v) is 7.45. The van der Waals surface area contributed by atoms with E-state index in [2.05, 4.69) is 24.1 Å². The fraction of sp³-hybridized carbons (Fsp3) is 0.625. The van der Waals surface area contributed by atoms with E-state index in [0.717, 1.165) is 26.1 Å². The van der Waals surface area contributed by atoms with Gasteiger partial charge in [0.1, 0.15) is 11.6 Å². The number of hydrogen-bond donors (Lipinski definition) is 1. The first-order chi connectivity index (χ1) is 9.56. The summed E-state index contributed by atoms with van der Waals surface area (Å²) in [6, 6.07) is 4.56. The van der Waals surface area contributed by atoms with Crippen LogP contribution in [0.1, 0.15) is 32.3 Å². The van der Waals surface area contributed by atoms with E-state index in [1.165, 1.54) is 24.6 Å². The Kier molecular flexibility index (Phi) is 5.49. The van der Waals surface area contributed by atoms with E-state index in [0.29, 0.717) is 18.5 Å². The predicted octanol–water partition coefficient (Wildman–Crippen LogP) is 3.17. The molecule has 1 atom stereocenters. The second kappa shape index (κ2) is 7.14. The highest BCUT2D eigenvalue weighted by molar-refractivity contribution is 5.19. The van der Waals surface area contributed by atoms with Crippen molar-refractivity contribution < 1.29 is 8.78 Å². The van der Waals surface area contributed by atoms with Crippen LogP contribution >= 0.6 is 0 Å². The molecule has 1 heterocycles. The van der Waals surface area contributed by atoms with E-state index < -0.39 is 11.6 Å². The van der Waals surface area contributed by atoms with E-state index in [1.54, 1.807) is 0 Å². The quantitative estimate of drug-likeness (QED) is 0.892. The van der Waals surface area contributed by atoms with Gasteiger partial charge in [-0.05, 0) is 44.0 Å². The minimum absolute atomic E-state index is 0.199. The summed E-state index contributed by atoms with van der Waals surface area (Å²) < 4.78 is 27.4. The topological polar surface area (TPSA) is 15.3 Å². The molecule has 2 rings (SSSR count). The number of rotatable bonds is 5. The summed E-state index contributed by atoms with van der Waals surface area (Å²) in [4.78, 5) is 2.16. The molecule has 0 amide bonds. The van der Waals surface area contributed by atoms with Gasteiger partial charge in [0, 0.05) is 24.7 Å². The molecule has 0 spiro atoms. The Balaban J connectivity index is 1.92. The molecule has 0 saturated carbocycles. The van der Waals surface area contributed by atoms with Crippen molar-refractivity contribution >= 4 is 0 Å². The van der Waals surface area contributed by atoms with Crippen LogP contribution in [0.4, 0.5) is 8.78 Å². The van der Waals surface area contributed by atoms with Crippen molar-refractivity contribution in [1.82, 2.24) is 10.2 Å². The molecule has 0 radical (unpaired) electrons. The normalized spacial score (nSPS) is 20.6. The number of hydrogen-bond acceptors (Lipinski definition) is 2. The largest absolute Gasteiger partial charge is 0.314 e. The number of halogens is 2. The lowest BCUT2D eigenvalue weighted by Gasteiger charge is -2.33.